The molecule has 2 aliphatic heterocycles. The highest BCUT2D eigenvalue weighted by Crippen LogP contribution is 2.40. The number of likely N-dealkylation sites (N-methyl/N-ethyl adjacent to an activating group) is 1. The number of hydrogen-bond acceptors (Lipinski definition) is 7. The Bertz CT molecular complexity index is 961. The van der Waals surface area contributed by atoms with Crippen LogP contribution in [0.2, 0.25) is 0 Å². The minimum atomic E-state index is -1.26. The first-order valence-corrected chi connectivity index (χ1v) is 10.4. The highest BCUT2D eigenvalue weighted by Gasteiger charge is 2.26. The number of hydrogen-bond donors (Lipinski definition) is 2. The zero-order valence-electron chi connectivity index (χ0n) is 16.9. The molecule has 1 saturated heterocycles. The van der Waals surface area contributed by atoms with Crippen LogP contribution in [0.4, 0.5) is 17.1 Å². The van der Waals surface area contributed by atoms with Gasteiger partial charge in [0.25, 0.3) is 0 Å². The standard InChI is InChI=1S/C17H20N4S.C4H4O4/c1-19-7-9-21(10-8-19)17-13-11-22-12-16(13)20(2)15-6-4-3-5-14(15)18-17;5-3(6)1-2-4(7)8/h3-6,11-12H,7-10H2,1-2H3;1-2H,(H,5,6)(H,7,8)/b;2-1+. The molecule has 1 aromatic heterocycles. The molecule has 0 unspecified atom stereocenters. The lowest BCUT2D eigenvalue weighted by atomic mass is 10.2. The predicted octanol–water partition coefficient (Wildman–Crippen LogP) is 2.87. The number of benzene rings is 1. The quantitative estimate of drug-likeness (QED) is 0.710. The van der Waals surface area contributed by atoms with E-state index in [4.69, 9.17) is 15.2 Å². The van der Waals surface area contributed by atoms with E-state index in [2.05, 4.69) is 63.8 Å². The van der Waals surface area contributed by atoms with Gasteiger partial charge in [-0.25, -0.2) is 14.6 Å². The Kier molecular flexibility index (Phi) is 6.86. The van der Waals surface area contributed by atoms with Crippen LogP contribution in [0.25, 0.3) is 0 Å². The molecule has 8 nitrogen and oxygen atoms in total. The van der Waals surface area contributed by atoms with Gasteiger partial charge >= 0.3 is 11.9 Å². The van der Waals surface area contributed by atoms with E-state index in [0.29, 0.717) is 12.2 Å². The number of carboxylic acid groups (broad SMARTS) is 2. The van der Waals surface area contributed by atoms with Crippen molar-refractivity contribution in [2.24, 2.45) is 4.99 Å². The molecule has 0 amide bonds. The van der Waals surface area contributed by atoms with E-state index in [0.717, 1.165) is 37.7 Å². The Hall–Kier alpha value is -3.17. The minimum absolute atomic E-state index is 0.558. The van der Waals surface area contributed by atoms with Gasteiger partial charge in [-0.3, -0.25) is 0 Å². The first kappa shape index (κ1) is 21.5. The topological polar surface area (TPSA) is 96.7 Å². The summed E-state index contributed by atoms with van der Waals surface area (Å²) in [5.74, 6) is -1.39. The van der Waals surface area contributed by atoms with Crippen molar-refractivity contribution in [2.75, 3.05) is 45.2 Å². The number of fused-ring (bicyclic) bond motifs is 2. The van der Waals surface area contributed by atoms with Gasteiger partial charge in [-0.2, -0.15) is 0 Å². The van der Waals surface area contributed by atoms with Gasteiger partial charge in [0.05, 0.1) is 22.6 Å². The van der Waals surface area contributed by atoms with Gasteiger partial charge in [0.2, 0.25) is 0 Å². The van der Waals surface area contributed by atoms with Gasteiger partial charge in [0, 0.05) is 56.1 Å². The van der Waals surface area contributed by atoms with Crippen LogP contribution in [0.5, 0.6) is 0 Å². The highest BCUT2D eigenvalue weighted by molar-refractivity contribution is 7.08. The van der Waals surface area contributed by atoms with Crippen LogP contribution in [0.15, 0.2) is 52.2 Å². The third-order valence-electron chi connectivity index (χ3n) is 4.88. The first-order valence-electron chi connectivity index (χ1n) is 9.42. The van der Waals surface area contributed by atoms with Crippen LogP contribution in [-0.2, 0) is 9.59 Å². The third-order valence-corrected chi connectivity index (χ3v) is 5.62. The maximum Gasteiger partial charge on any atom is 0.328 e. The molecule has 0 aliphatic carbocycles. The molecule has 2 N–H and O–H groups in total. The van der Waals surface area contributed by atoms with Crippen LogP contribution in [0.3, 0.4) is 0 Å². The van der Waals surface area contributed by atoms with E-state index in [1.807, 2.05) is 0 Å². The van der Waals surface area contributed by atoms with Crippen LogP contribution in [-0.4, -0.2) is 78.1 Å². The minimum Gasteiger partial charge on any atom is -0.478 e. The van der Waals surface area contributed by atoms with E-state index in [9.17, 15) is 9.59 Å². The SMILES string of the molecule is CN1CCN(C2=Nc3ccccc3N(C)c3cscc32)CC1.O=C(O)/C=C/C(=O)O. The molecule has 0 saturated carbocycles. The van der Waals surface area contributed by atoms with Gasteiger partial charge in [0.15, 0.2) is 0 Å². The maximum absolute atomic E-state index is 9.55. The average molecular weight is 429 g/mol. The van der Waals surface area contributed by atoms with Crippen molar-refractivity contribution >= 4 is 46.2 Å². The maximum atomic E-state index is 9.55. The molecular formula is C21H24N4O4S. The number of para-hydroxylation sites is 2. The number of carbonyl (C=O) groups is 2. The predicted molar refractivity (Wildman–Crippen MR) is 119 cm³/mol. The molecule has 30 heavy (non-hydrogen) atoms. The van der Waals surface area contributed by atoms with Crippen LogP contribution in [0, 0.1) is 0 Å². The Morgan fingerprint density at radius 2 is 1.60 bits per heavy atom. The summed E-state index contributed by atoms with van der Waals surface area (Å²) in [6, 6.07) is 8.40. The van der Waals surface area contributed by atoms with Crippen molar-refractivity contribution in [3.63, 3.8) is 0 Å². The molecule has 0 radical (unpaired) electrons. The fraction of sp³-hybridized carbons (Fsp3) is 0.286. The number of carboxylic acids is 2. The summed E-state index contributed by atoms with van der Waals surface area (Å²) in [4.78, 5) is 31.2. The normalized spacial score (nSPS) is 16.1. The number of thiophene rings is 1. The number of aliphatic carboxylic acids is 2. The van der Waals surface area contributed by atoms with Gasteiger partial charge < -0.3 is 24.9 Å². The second-order valence-corrected chi connectivity index (χ2v) is 7.70. The Balaban J connectivity index is 0.000000275. The zero-order valence-corrected chi connectivity index (χ0v) is 17.7. The second kappa shape index (κ2) is 9.55. The number of anilines is 2. The van der Waals surface area contributed by atoms with Crippen molar-refractivity contribution in [3.05, 3.63) is 52.7 Å². The van der Waals surface area contributed by atoms with Crippen LogP contribution in [0.1, 0.15) is 5.56 Å². The van der Waals surface area contributed by atoms with E-state index in [1.165, 1.54) is 16.9 Å². The van der Waals surface area contributed by atoms with Gasteiger partial charge in [0.1, 0.15) is 5.84 Å². The first-order chi connectivity index (χ1) is 14.4. The van der Waals surface area contributed by atoms with E-state index >= 15 is 0 Å². The molecule has 0 atom stereocenters. The van der Waals surface area contributed by atoms with E-state index in [-0.39, 0.29) is 0 Å². The smallest absolute Gasteiger partial charge is 0.328 e. The van der Waals surface area contributed by atoms with Gasteiger partial charge in [-0.05, 0) is 19.2 Å². The lowest BCUT2D eigenvalue weighted by Gasteiger charge is -2.34. The van der Waals surface area contributed by atoms with E-state index < -0.39 is 11.9 Å². The number of piperazine rings is 1. The highest BCUT2D eigenvalue weighted by atomic mass is 32.1. The average Bonchev–Trinajstić information content (AvgIpc) is 3.17. The summed E-state index contributed by atoms with van der Waals surface area (Å²) in [6.07, 6.45) is 1.12. The van der Waals surface area contributed by atoms with Gasteiger partial charge in [-0.1, -0.05) is 12.1 Å². The van der Waals surface area contributed by atoms with Crippen molar-refractivity contribution < 1.29 is 19.8 Å². The van der Waals surface area contributed by atoms with Crippen molar-refractivity contribution in [2.45, 2.75) is 0 Å². The molecule has 1 fully saturated rings. The molecule has 2 aliphatic rings. The van der Waals surface area contributed by atoms with E-state index in [1.54, 1.807) is 11.3 Å². The molecule has 3 heterocycles. The number of rotatable bonds is 2. The number of aliphatic imine (C=N–C) groups is 1. The van der Waals surface area contributed by atoms with Crippen molar-refractivity contribution in [1.29, 1.82) is 0 Å². The molecule has 158 valence electrons. The summed E-state index contributed by atoms with van der Waals surface area (Å²) in [5.41, 5.74) is 4.74. The molecule has 1 aromatic carbocycles. The monoisotopic (exact) mass is 428 g/mol. The second-order valence-electron chi connectivity index (χ2n) is 6.95. The van der Waals surface area contributed by atoms with Crippen molar-refractivity contribution in [3.8, 4) is 0 Å². The Morgan fingerprint density at radius 1 is 0.967 bits per heavy atom. The lowest BCUT2D eigenvalue weighted by molar-refractivity contribution is -0.134. The number of amidine groups is 1. The number of nitrogens with zero attached hydrogens (tertiary/aromatic N) is 4. The Morgan fingerprint density at radius 3 is 2.23 bits per heavy atom. The molecular weight excluding hydrogens is 404 g/mol. The zero-order chi connectivity index (χ0) is 21.7. The fourth-order valence-corrected chi connectivity index (χ4v) is 4.11. The largest absolute Gasteiger partial charge is 0.478 e. The summed E-state index contributed by atoms with van der Waals surface area (Å²) >= 11 is 1.75. The molecule has 4 rings (SSSR count). The molecule has 0 bridgehead atoms. The summed E-state index contributed by atoms with van der Waals surface area (Å²) in [5, 5.41) is 20.1. The molecule has 9 heteroatoms. The van der Waals surface area contributed by atoms with Crippen molar-refractivity contribution in [1.82, 2.24) is 9.80 Å². The Labute approximate surface area is 179 Å². The fourth-order valence-electron chi connectivity index (χ4n) is 3.27. The third kappa shape index (κ3) is 5.05. The summed E-state index contributed by atoms with van der Waals surface area (Å²) in [6.45, 7) is 4.26. The molecule has 0 spiro atoms. The van der Waals surface area contributed by atoms with Gasteiger partial charge in [-0.15, -0.1) is 11.3 Å². The lowest BCUT2D eigenvalue weighted by Crippen LogP contribution is -2.47. The summed E-state index contributed by atoms with van der Waals surface area (Å²) in [7, 11) is 4.32. The van der Waals surface area contributed by atoms with Crippen LogP contribution < -0.4 is 4.90 Å². The summed E-state index contributed by atoms with van der Waals surface area (Å²) < 4.78 is 0. The van der Waals surface area contributed by atoms with Crippen LogP contribution >= 0.6 is 11.3 Å². The molecule has 2 aromatic rings.